The number of nitrogens with one attached hydrogen (secondary N) is 1. The smallest absolute Gasteiger partial charge is 0.118 e. The molecule has 4 rings (SSSR count). The van der Waals surface area contributed by atoms with Crippen LogP contribution in [0.25, 0.3) is 11.3 Å². The van der Waals surface area contributed by atoms with Crippen molar-refractivity contribution in [1.82, 2.24) is 15.1 Å². The third-order valence-corrected chi connectivity index (χ3v) is 4.73. The van der Waals surface area contributed by atoms with E-state index in [1.807, 2.05) is 19.1 Å². The second-order valence-corrected chi connectivity index (χ2v) is 6.47. The van der Waals surface area contributed by atoms with Crippen LogP contribution >= 0.6 is 0 Å². The molecule has 0 radical (unpaired) electrons. The maximum atomic E-state index is 9.99. The van der Waals surface area contributed by atoms with Gasteiger partial charge < -0.3 is 10.4 Å². The van der Waals surface area contributed by atoms with Crippen LogP contribution in [0.1, 0.15) is 27.9 Å². The Morgan fingerprint density at radius 3 is 2.71 bits per heavy atom. The van der Waals surface area contributed by atoms with Gasteiger partial charge >= 0.3 is 0 Å². The van der Waals surface area contributed by atoms with E-state index < -0.39 is 0 Å². The zero-order valence-corrected chi connectivity index (χ0v) is 14.0. The largest absolute Gasteiger partial charge is 0.508 e. The lowest BCUT2D eigenvalue weighted by Crippen LogP contribution is -2.10. The van der Waals surface area contributed by atoms with Crippen LogP contribution in [0, 0.1) is 13.8 Å². The maximum absolute atomic E-state index is 9.99. The van der Waals surface area contributed by atoms with E-state index in [1.165, 1.54) is 22.4 Å². The average molecular weight is 319 g/mol. The van der Waals surface area contributed by atoms with Gasteiger partial charge in [0.15, 0.2) is 0 Å². The van der Waals surface area contributed by atoms with Gasteiger partial charge in [0.1, 0.15) is 5.75 Å². The number of nitrogens with zero attached hydrogens (tertiary/aromatic N) is 2. The Morgan fingerprint density at radius 1 is 1.08 bits per heavy atom. The van der Waals surface area contributed by atoms with Crippen molar-refractivity contribution >= 4 is 0 Å². The first-order chi connectivity index (χ1) is 11.6. The Balaban J connectivity index is 1.81. The summed E-state index contributed by atoms with van der Waals surface area (Å²) in [5.41, 5.74) is 8.04. The van der Waals surface area contributed by atoms with Crippen LogP contribution in [0.5, 0.6) is 5.75 Å². The van der Waals surface area contributed by atoms with E-state index in [-0.39, 0.29) is 0 Å². The molecular weight excluding hydrogens is 298 g/mol. The van der Waals surface area contributed by atoms with E-state index in [0.29, 0.717) is 12.3 Å². The summed E-state index contributed by atoms with van der Waals surface area (Å²) in [6.07, 6.45) is 0. The minimum Gasteiger partial charge on any atom is -0.508 e. The standard InChI is InChI=1S/C20H21N3O/c1-13-5-3-4-6-16(13)20-17-10-21-11-18(17)22-23(20)12-15-8-7-14(2)19(24)9-15/h3-9,21,24H,10-12H2,1-2H3. The lowest BCUT2D eigenvalue weighted by atomic mass is 10.0. The van der Waals surface area contributed by atoms with Crippen LogP contribution in [0.3, 0.4) is 0 Å². The Bertz CT molecular complexity index is 911. The molecule has 2 aromatic carbocycles. The molecule has 4 nitrogen and oxygen atoms in total. The molecule has 0 saturated heterocycles. The molecule has 122 valence electrons. The van der Waals surface area contributed by atoms with Gasteiger partial charge in [0.2, 0.25) is 0 Å². The van der Waals surface area contributed by atoms with Gasteiger partial charge in [-0.25, -0.2) is 0 Å². The number of rotatable bonds is 3. The van der Waals surface area contributed by atoms with Crippen LogP contribution < -0.4 is 5.32 Å². The topological polar surface area (TPSA) is 50.1 Å². The number of aromatic nitrogens is 2. The van der Waals surface area contributed by atoms with E-state index in [0.717, 1.165) is 29.9 Å². The first-order valence-electron chi connectivity index (χ1n) is 8.27. The molecule has 0 spiro atoms. The summed E-state index contributed by atoms with van der Waals surface area (Å²) < 4.78 is 2.08. The van der Waals surface area contributed by atoms with Crippen molar-refractivity contribution in [1.29, 1.82) is 0 Å². The molecule has 2 heterocycles. The average Bonchev–Trinajstić information content (AvgIpc) is 3.13. The van der Waals surface area contributed by atoms with Crippen LogP contribution in [0.15, 0.2) is 42.5 Å². The van der Waals surface area contributed by atoms with Crippen molar-refractivity contribution in [2.24, 2.45) is 0 Å². The summed E-state index contributed by atoms with van der Waals surface area (Å²) >= 11 is 0. The summed E-state index contributed by atoms with van der Waals surface area (Å²) in [7, 11) is 0. The number of hydrogen-bond acceptors (Lipinski definition) is 3. The molecule has 4 heteroatoms. The number of benzene rings is 2. The summed E-state index contributed by atoms with van der Waals surface area (Å²) in [5.74, 6) is 0.339. The minimum atomic E-state index is 0.339. The monoisotopic (exact) mass is 319 g/mol. The van der Waals surface area contributed by atoms with Gasteiger partial charge in [-0.2, -0.15) is 5.10 Å². The van der Waals surface area contributed by atoms with Gasteiger partial charge in [-0.15, -0.1) is 0 Å². The third kappa shape index (κ3) is 2.49. The van der Waals surface area contributed by atoms with Gasteiger partial charge in [0.25, 0.3) is 0 Å². The van der Waals surface area contributed by atoms with Gasteiger partial charge in [-0.05, 0) is 36.6 Å². The van der Waals surface area contributed by atoms with Gasteiger partial charge in [0.05, 0.1) is 17.9 Å². The molecule has 0 bridgehead atoms. The molecule has 0 unspecified atom stereocenters. The Morgan fingerprint density at radius 2 is 1.92 bits per heavy atom. The zero-order valence-electron chi connectivity index (χ0n) is 14.0. The summed E-state index contributed by atoms with van der Waals surface area (Å²) in [6.45, 7) is 6.38. The molecule has 0 aliphatic carbocycles. The van der Waals surface area contributed by atoms with Crippen molar-refractivity contribution in [2.45, 2.75) is 33.5 Å². The molecular formula is C20H21N3O. The summed E-state index contributed by atoms with van der Waals surface area (Å²) in [5, 5.41) is 18.2. The molecule has 0 amide bonds. The van der Waals surface area contributed by atoms with Crippen molar-refractivity contribution in [3.8, 4) is 17.0 Å². The molecule has 2 N–H and O–H groups in total. The van der Waals surface area contributed by atoms with Crippen LogP contribution in [0.4, 0.5) is 0 Å². The van der Waals surface area contributed by atoms with Gasteiger partial charge in [0, 0.05) is 24.2 Å². The Hall–Kier alpha value is -2.59. The Kier molecular flexibility index (Phi) is 3.62. The predicted molar refractivity (Wildman–Crippen MR) is 94.9 cm³/mol. The summed E-state index contributed by atoms with van der Waals surface area (Å²) in [4.78, 5) is 0. The highest BCUT2D eigenvalue weighted by atomic mass is 16.3. The normalized spacial score (nSPS) is 13.2. The van der Waals surface area contributed by atoms with E-state index >= 15 is 0 Å². The Labute approximate surface area is 141 Å². The second-order valence-electron chi connectivity index (χ2n) is 6.47. The SMILES string of the molecule is Cc1ccc(Cn2nc3c(c2-c2ccccc2C)CNC3)cc1O. The highest BCUT2D eigenvalue weighted by molar-refractivity contribution is 5.69. The zero-order chi connectivity index (χ0) is 16.7. The number of phenols is 1. The van der Waals surface area contributed by atoms with Crippen LogP contribution in [-0.4, -0.2) is 14.9 Å². The highest BCUT2D eigenvalue weighted by Gasteiger charge is 2.23. The van der Waals surface area contributed by atoms with Crippen LogP contribution in [0.2, 0.25) is 0 Å². The molecule has 1 aliphatic rings. The maximum Gasteiger partial charge on any atom is 0.118 e. The number of hydrogen-bond donors (Lipinski definition) is 2. The fourth-order valence-electron chi connectivity index (χ4n) is 3.36. The molecule has 0 atom stereocenters. The quantitative estimate of drug-likeness (QED) is 0.776. The molecule has 3 aromatic rings. The van der Waals surface area contributed by atoms with Crippen molar-refractivity contribution < 1.29 is 5.11 Å². The van der Waals surface area contributed by atoms with Gasteiger partial charge in [-0.1, -0.05) is 36.4 Å². The van der Waals surface area contributed by atoms with Crippen LogP contribution in [-0.2, 0) is 19.6 Å². The molecule has 1 aliphatic heterocycles. The first kappa shape index (κ1) is 15.0. The van der Waals surface area contributed by atoms with Crippen molar-refractivity contribution in [3.05, 3.63) is 70.4 Å². The van der Waals surface area contributed by atoms with E-state index in [1.54, 1.807) is 0 Å². The fraction of sp³-hybridized carbons (Fsp3) is 0.250. The number of phenolic OH excluding ortho intramolecular Hbond substituents is 1. The number of aromatic hydroxyl groups is 1. The fourth-order valence-corrected chi connectivity index (χ4v) is 3.36. The second kappa shape index (κ2) is 5.80. The highest BCUT2D eigenvalue weighted by Crippen LogP contribution is 2.32. The number of fused-ring (bicyclic) bond motifs is 1. The molecule has 24 heavy (non-hydrogen) atoms. The molecule has 0 fully saturated rings. The first-order valence-corrected chi connectivity index (χ1v) is 8.27. The number of aryl methyl sites for hydroxylation is 2. The van der Waals surface area contributed by atoms with Crippen molar-refractivity contribution in [3.63, 3.8) is 0 Å². The molecule has 1 aromatic heterocycles. The van der Waals surface area contributed by atoms with E-state index in [2.05, 4.69) is 47.3 Å². The molecule has 0 saturated carbocycles. The minimum absolute atomic E-state index is 0.339. The predicted octanol–water partition coefficient (Wildman–Crippen LogP) is 3.52. The summed E-state index contributed by atoms with van der Waals surface area (Å²) in [6, 6.07) is 14.3. The third-order valence-electron chi connectivity index (χ3n) is 4.73. The lowest BCUT2D eigenvalue weighted by Gasteiger charge is -2.13. The van der Waals surface area contributed by atoms with Crippen molar-refractivity contribution in [2.75, 3.05) is 0 Å². The lowest BCUT2D eigenvalue weighted by molar-refractivity contribution is 0.470. The van der Waals surface area contributed by atoms with E-state index in [9.17, 15) is 5.11 Å². The van der Waals surface area contributed by atoms with Gasteiger partial charge in [-0.3, -0.25) is 4.68 Å². The van der Waals surface area contributed by atoms with E-state index in [4.69, 9.17) is 5.10 Å².